The van der Waals surface area contributed by atoms with Crippen LogP contribution in [0.3, 0.4) is 0 Å². The Morgan fingerprint density at radius 3 is 2.16 bits per heavy atom. The fourth-order valence-corrected chi connectivity index (χ4v) is 4.95. The van der Waals surface area contributed by atoms with Crippen LogP contribution in [-0.2, 0) is 11.2 Å². The van der Waals surface area contributed by atoms with Crippen LogP contribution in [0.5, 0.6) is 5.75 Å². The van der Waals surface area contributed by atoms with Crippen LogP contribution >= 0.6 is 0 Å². The van der Waals surface area contributed by atoms with E-state index in [-0.39, 0.29) is 23.8 Å². The highest BCUT2D eigenvalue weighted by atomic mass is 16.5. The number of para-hydroxylation sites is 1. The van der Waals surface area contributed by atoms with Crippen LogP contribution in [0.15, 0.2) is 89.7 Å². The molecule has 3 rings (SSSR count). The van der Waals surface area contributed by atoms with Crippen molar-refractivity contribution in [3.63, 3.8) is 0 Å². The Kier molecular flexibility index (Phi) is 15.7. The predicted octanol–water partition coefficient (Wildman–Crippen LogP) is 7.93. The maximum atomic E-state index is 12.7. The molecule has 3 aromatic carbocycles. The van der Waals surface area contributed by atoms with Gasteiger partial charge in [-0.2, -0.15) is 0 Å². The standard InChI is InChI=1S/C37H47NO5/c1-2-3-4-5-6-11-20-33(43-32-21-12-8-13-22-32)23-16-29-42-37(41)31-24-26-34(35(39)27-25-31)36(40)38-28-15-14-19-30-17-9-7-10-18-30/h7-10,12-13,17-18,21-22,24-27,33H,2-6,11,14-16,19-20,23,28-29H2,1H3,(H,38,40). The highest BCUT2D eigenvalue weighted by molar-refractivity contribution is 5.95. The molecule has 0 fully saturated rings. The van der Waals surface area contributed by atoms with Crippen molar-refractivity contribution >= 4 is 11.9 Å². The summed E-state index contributed by atoms with van der Waals surface area (Å²) in [4.78, 5) is 37.9. The summed E-state index contributed by atoms with van der Waals surface area (Å²) in [7, 11) is 0. The Bertz CT molecular complexity index is 1280. The molecule has 0 aliphatic rings. The van der Waals surface area contributed by atoms with Gasteiger partial charge in [0.25, 0.3) is 5.91 Å². The molecule has 1 N–H and O–H groups in total. The molecule has 6 heteroatoms. The summed E-state index contributed by atoms with van der Waals surface area (Å²) < 4.78 is 11.8. The second-order valence-corrected chi connectivity index (χ2v) is 11.0. The summed E-state index contributed by atoms with van der Waals surface area (Å²) in [5, 5.41) is 2.82. The van der Waals surface area contributed by atoms with Crippen LogP contribution in [-0.4, -0.2) is 31.1 Å². The van der Waals surface area contributed by atoms with E-state index in [0.717, 1.165) is 44.3 Å². The highest BCUT2D eigenvalue weighted by Crippen LogP contribution is 2.19. The average molecular weight is 586 g/mol. The number of aryl methyl sites for hydroxylation is 1. The number of hydrogen-bond donors (Lipinski definition) is 1. The first kappa shape index (κ1) is 33.6. The van der Waals surface area contributed by atoms with Crippen molar-refractivity contribution in [2.75, 3.05) is 13.2 Å². The summed E-state index contributed by atoms with van der Waals surface area (Å²) in [5.41, 5.74) is 1.08. The van der Waals surface area contributed by atoms with E-state index in [1.807, 2.05) is 48.5 Å². The average Bonchev–Trinajstić information content (AvgIpc) is 3.23. The van der Waals surface area contributed by atoms with Crippen LogP contribution in [0, 0.1) is 0 Å². The molecule has 3 aromatic rings. The van der Waals surface area contributed by atoms with Gasteiger partial charge in [-0.15, -0.1) is 0 Å². The van der Waals surface area contributed by atoms with Crippen molar-refractivity contribution in [3.8, 4) is 5.75 Å². The SMILES string of the molecule is CCCCCCCCC(CCCOC(=O)c1ccc(C(=O)NCCCCc2ccccc2)c(=O)cc1)Oc1ccccc1. The summed E-state index contributed by atoms with van der Waals surface area (Å²) in [6.45, 7) is 2.96. The van der Waals surface area contributed by atoms with Gasteiger partial charge in [0.05, 0.1) is 23.8 Å². The lowest BCUT2D eigenvalue weighted by atomic mass is 10.0. The molecule has 0 saturated carbocycles. The first-order valence-corrected chi connectivity index (χ1v) is 15.9. The lowest BCUT2D eigenvalue weighted by Crippen LogP contribution is -2.28. The molecule has 0 spiro atoms. The van der Waals surface area contributed by atoms with Gasteiger partial charge in [-0.1, -0.05) is 87.6 Å². The number of rotatable bonds is 20. The molecule has 0 aliphatic carbocycles. The van der Waals surface area contributed by atoms with E-state index in [0.29, 0.717) is 13.0 Å². The van der Waals surface area contributed by atoms with Crippen LogP contribution < -0.4 is 15.5 Å². The van der Waals surface area contributed by atoms with Crippen molar-refractivity contribution < 1.29 is 19.1 Å². The van der Waals surface area contributed by atoms with E-state index in [2.05, 4.69) is 24.4 Å². The molecule has 0 aromatic heterocycles. The fraction of sp³-hybridized carbons (Fsp3) is 0.432. The van der Waals surface area contributed by atoms with E-state index >= 15 is 0 Å². The smallest absolute Gasteiger partial charge is 0.338 e. The number of ether oxygens (including phenoxy) is 2. The van der Waals surface area contributed by atoms with Crippen molar-refractivity contribution in [2.45, 2.75) is 90.1 Å². The maximum absolute atomic E-state index is 12.7. The minimum absolute atomic E-state index is 0.0118. The van der Waals surface area contributed by atoms with Gasteiger partial charge in [-0.3, -0.25) is 9.59 Å². The van der Waals surface area contributed by atoms with Crippen LogP contribution in [0.2, 0.25) is 0 Å². The van der Waals surface area contributed by atoms with Crippen molar-refractivity contribution in [1.82, 2.24) is 5.32 Å². The number of carbonyl (C=O) groups is 2. The Hall–Kier alpha value is -3.93. The van der Waals surface area contributed by atoms with Gasteiger partial charge in [-0.05, 0) is 86.9 Å². The van der Waals surface area contributed by atoms with Gasteiger partial charge < -0.3 is 14.8 Å². The lowest BCUT2D eigenvalue weighted by Gasteiger charge is -2.19. The largest absolute Gasteiger partial charge is 0.490 e. The molecule has 1 unspecified atom stereocenters. The zero-order valence-electron chi connectivity index (χ0n) is 25.6. The van der Waals surface area contributed by atoms with E-state index in [9.17, 15) is 14.4 Å². The van der Waals surface area contributed by atoms with Gasteiger partial charge in [0.1, 0.15) is 5.75 Å². The molecule has 0 bridgehead atoms. The van der Waals surface area contributed by atoms with Gasteiger partial charge in [0.15, 0.2) is 5.43 Å². The second kappa shape index (κ2) is 20.1. The topological polar surface area (TPSA) is 81.7 Å². The number of esters is 1. The van der Waals surface area contributed by atoms with Crippen LogP contribution in [0.25, 0.3) is 0 Å². The molecule has 0 saturated heterocycles. The van der Waals surface area contributed by atoms with Crippen molar-refractivity contribution in [2.24, 2.45) is 0 Å². The number of amides is 1. The zero-order chi connectivity index (χ0) is 30.5. The van der Waals surface area contributed by atoms with Crippen molar-refractivity contribution in [1.29, 1.82) is 0 Å². The maximum Gasteiger partial charge on any atom is 0.338 e. The fourth-order valence-electron chi connectivity index (χ4n) is 4.95. The number of unbranched alkanes of at least 4 members (excludes halogenated alkanes) is 6. The Morgan fingerprint density at radius 1 is 0.721 bits per heavy atom. The van der Waals surface area contributed by atoms with E-state index in [1.165, 1.54) is 61.9 Å². The molecule has 0 radical (unpaired) electrons. The summed E-state index contributed by atoms with van der Waals surface area (Å²) in [5.74, 6) is -0.0953. The third-order valence-electron chi connectivity index (χ3n) is 7.44. The second-order valence-electron chi connectivity index (χ2n) is 11.0. The number of carbonyl (C=O) groups excluding carboxylic acids is 2. The zero-order valence-corrected chi connectivity index (χ0v) is 25.6. The van der Waals surface area contributed by atoms with Gasteiger partial charge >= 0.3 is 5.97 Å². The van der Waals surface area contributed by atoms with Crippen molar-refractivity contribution in [3.05, 3.63) is 112 Å². The molecule has 230 valence electrons. The summed E-state index contributed by atoms with van der Waals surface area (Å²) >= 11 is 0. The predicted molar refractivity (Wildman–Crippen MR) is 173 cm³/mol. The normalized spacial score (nSPS) is 11.5. The Labute approximate surface area is 256 Å². The number of benzene rings is 2. The van der Waals surface area contributed by atoms with E-state index in [4.69, 9.17) is 9.47 Å². The van der Waals surface area contributed by atoms with Crippen LogP contribution in [0.1, 0.15) is 104 Å². The van der Waals surface area contributed by atoms with E-state index in [1.54, 1.807) is 0 Å². The monoisotopic (exact) mass is 585 g/mol. The molecule has 0 aliphatic heterocycles. The minimum atomic E-state index is -0.515. The number of nitrogens with one attached hydrogen (secondary N) is 1. The molecule has 43 heavy (non-hydrogen) atoms. The first-order chi connectivity index (χ1) is 21.1. The highest BCUT2D eigenvalue weighted by Gasteiger charge is 2.14. The minimum Gasteiger partial charge on any atom is -0.490 e. The van der Waals surface area contributed by atoms with Gasteiger partial charge in [0.2, 0.25) is 0 Å². The first-order valence-electron chi connectivity index (χ1n) is 15.9. The number of hydrogen-bond acceptors (Lipinski definition) is 5. The summed E-state index contributed by atoms with van der Waals surface area (Å²) in [6, 6.07) is 25.6. The van der Waals surface area contributed by atoms with Gasteiger partial charge in [0, 0.05) is 6.54 Å². The quantitative estimate of drug-likeness (QED) is 0.108. The molecule has 1 atom stereocenters. The molecular weight excluding hydrogens is 538 g/mol. The Morgan fingerprint density at radius 2 is 1.40 bits per heavy atom. The molecular formula is C37H47NO5. The molecule has 6 nitrogen and oxygen atoms in total. The van der Waals surface area contributed by atoms with E-state index < -0.39 is 17.3 Å². The third kappa shape index (κ3) is 13.3. The van der Waals surface area contributed by atoms with Gasteiger partial charge in [-0.25, -0.2) is 4.79 Å². The molecule has 1 amide bonds. The lowest BCUT2D eigenvalue weighted by molar-refractivity contribution is 0.0480. The Balaban J connectivity index is 1.42. The third-order valence-corrected chi connectivity index (χ3v) is 7.44. The summed E-state index contributed by atoms with van der Waals surface area (Å²) in [6.07, 6.45) is 12.5. The van der Waals surface area contributed by atoms with Crippen LogP contribution in [0.4, 0.5) is 0 Å². The molecule has 0 heterocycles.